The maximum atomic E-state index is 10.1. The third-order valence-corrected chi connectivity index (χ3v) is 6.62. The van der Waals surface area contributed by atoms with E-state index in [-0.39, 0.29) is 5.75 Å². The lowest BCUT2D eigenvalue weighted by atomic mass is 10.1. The van der Waals surface area contributed by atoms with Crippen molar-refractivity contribution >= 4 is 33.4 Å². The molecule has 0 aliphatic carbocycles. The number of rotatable bonds is 9. The first-order chi connectivity index (χ1) is 16.1. The average molecular weight is 531 g/mol. The number of ether oxygens (including phenoxy) is 2. The van der Waals surface area contributed by atoms with Gasteiger partial charge in [0.1, 0.15) is 0 Å². The number of phenols is 1. The molecule has 0 radical (unpaired) electrons. The highest BCUT2D eigenvalue weighted by Gasteiger charge is 2.27. The number of nitrogens with zero attached hydrogens (tertiary/aromatic N) is 3. The van der Waals surface area contributed by atoms with E-state index >= 15 is 0 Å². The van der Waals surface area contributed by atoms with Crippen LogP contribution in [0.3, 0.4) is 0 Å². The fourth-order valence-corrected chi connectivity index (χ4v) is 4.68. The molecule has 1 aliphatic heterocycles. The minimum Gasteiger partial charge on any atom is -0.504 e. The summed E-state index contributed by atoms with van der Waals surface area (Å²) < 4.78 is 12.8. The van der Waals surface area contributed by atoms with Crippen LogP contribution in [0, 0.1) is 0 Å². The van der Waals surface area contributed by atoms with Gasteiger partial charge in [0.25, 0.3) is 0 Å². The van der Waals surface area contributed by atoms with Gasteiger partial charge in [-0.3, -0.25) is 0 Å². The van der Waals surface area contributed by atoms with Gasteiger partial charge < -0.3 is 19.9 Å². The van der Waals surface area contributed by atoms with Crippen molar-refractivity contribution in [2.75, 3.05) is 17.7 Å². The van der Waals surface area contributed by atoms with Crippen LogP contribution in [-0.2, 0) is 0 Å². The quantitative estimate of drug-likeness (QED) is 0.236. The van der Waals surface area contributed by atoms with Gasteiger partial charge >= 0.3 is 0 Å². The number of fused-ring (bicyclic) bond motifs is 3. The van der Waals surface area contributed by atoms with Crippen LogP contribution in [0.4, 0.5) is 5.69 Å². The highest BCUT2D eigenvalue weighted by Crippen LogP contribution is 2.41. The Bertz CT molecular complexity index is 1120. The van der Waals surface area contributed by atoms with Crippen LogP contribution in [0.25, 0.3) is 11.3 Å². The number of benzene rings is 2. The van der Waals surface area contributed by atoms with Crippen LogP contribution < -0.4 is 14.8 Å². The number of unbranched alkanes of at least 4 members (excludes halogenated alkanes) is 3. The zero-order valence-corrected chi connectivity index (χ0v) is 21.1. The Balaban J connectivity index is 1.67. The summed E-state index contributed by atoms with van der Waals surface area (Å²) in [7, 11) is 0. The lowest BCUT2D eigenvalue weighted by molar-refractivity contribution is 0.224. The van der Waals surface area contributed by atoms with Gasteiger partial charge in [-0.2, -0.15) is 4.98 Å². The van der Waals surface area contributed by atoms with E-state index < -0.39 is 6.23 Å². The molecule has 1 atom stereocenters. The van der Waals surface area contributed by atoms with Crippen molar-refractivity contribution in [3.8, 4) is 28.6 Å². The summed E-state index contributed by atoms with van der Waals surface area (Å²) in [6.07, 6.45) is 4.22. The van der Waals surface area contributed by atoms with Crippen molar-refractivity contribution in [1.29, 1.82) is 0 Å². The normalized spacial score (nSPS) is 14.5. The summed E-state index contributed by atoms with van der Waals surface area (Å²) in [4.78, 5) is 4.70. The standard InChI is InChI=1S/C24H27BrN4O3S/c1-3-5-6-7-12-33-24-27-23-21(28-29-24)17-14-16(25)9-10-18(17)26-22(32-23)15-8-11-19(30)20(13-15)31-4-2/h8-11,13-14,22,26,30H,3-7,12H2,1-2H3/t22-/m1/s1. The van der Waals surface area contributed by atoms with Crippen molar-refractivity contribution in [2.24, 2.45) is 0 Å². The summed E-state index contributed by atoms with van der Waals surface area (Å²) in [5.74, 6) is 1.86. The van der Waals surface area contributed by atoms with Crippen molar-refractivity contribution < 1.29 is 14.6 Å². The van der Waals surface area contributed by atoms with Crippen LogP contribution in [0.2, 0.25) is 0 Å². The van der Waals surface area contributed by atoms with Crippen LogP contribution >= 0.6 is 27.7 Å². The number of hydrogen-bond acceptors (Lipinski definition) is 8. The molecule has 1 aliphatic rings. The van der Waals surface area contributed by atoms with Crippen molar-refractivity contribution in [3.05, 3.63) is 46.4 Å². The predicted octanol–water partition coefficient (Wildman–Crippen LogP) is 6.58. The second-order valence-corrected chi connectivity index (χ2v) is 9.63. The van der Waals surface area contributed by atoms with E-state index in [1.54, 1.807) is 30.0 Å². The minimum absolute atomic E-state index is 0.0877. The molecule has 2 heterocycles. The molecule has 2 aromatic carbocycles. The van der Waals surface area contributed by atoms with E-state index in [4.69, 9.17) is 14.5 Å². The van der Waals surface area contributed by atoms with Crippen molar-refractivity contribution in [1.82, 2.24) is 15.2 Å². The molecule has 9 heteroatoms. The Labute approximate surface area is 206 Å². The molecular formula is C24H27BrN4O3S. The number of hydrogen-bond donors (Lipinski definition) is 2. The Kier molecular flexibility index (Phi) is 7.93. The average Bonchev–Trinajstić information content (AvgIpc) is 2.97. The lowest BCUT2D eigenvalue weighted by Crippen LogP contribution is -2.17. The second kappa shape index (κ2) is 11.1. The highest BCUT2D eigenvalue weighted by molar-refractivity contribution is 9.10. The third kappa shape index (κ3) is 5.70. The van der Waals surface area contributed by atoms with Crippen LogP contribution in [-0.4, -0.2) is 32.6 Å². The fourth-order valence-electron chi connectivity index (χ4n) is 3.54. The van der Waals surface area contributed by atoms with Gasteiger partial charge in [0.2, 0.25) is 11.0 Å². The summed E-state index contributed by atoms with van der Waals surface area (Å²) in [6, 6.07) is 11.1. The molecule has 0 saturated heterocycles. The number of nitrogens with one attached hydrogen (secondary N) is 1. The van der Waals surface area contributed by atoms with Gasteiger partial charge in [-0.15, -0.1) is 10.2 Å². The predicted molar refractivity (Wildman–Crippen MR) is 134 cm³/mol. The molecule has 0 amide bonds. The molecule has 33 heavy (non-hydrogen) atoms. The maximum absolute atomic E-state index is 10.1. The molecule has 0 fully saturated rings. The largest absolute Gasteiger partial charge is 0.504 e. The van der Waals surface area contributed by atoms with E-state index in [0.29, 0.717) is 29.1 Å². The lowest BCUT2D eigenvalue weighted by Gasteiger charge is -2.20. The van der Waals surface area contributed by atoms with Gasteiger partial charge in [-0.05, 0) is 49.7 Å². The smallest absolute Gasteiger partial charge is 0.247 e. The second-order valence-electron chi connectivity index (χ2n) is 7.65. The number of halogens is 1. The number of anilines is 1. The van der Waals surface area contributed by atoms with Crippen molar-refractivity contribution in [2.45, 2.75) is 50.9 Å². The molecule has 4 rings (SSSR count). The molecule has 7 nitrogen and oxygen atoms in total. The molecular weight excluding hydrogens is 504 g/mol. The molecule has 2 N–H and O–H groups in total. The Hall–Kier alpha value is -2.52. The molecule has 0 saturated carbocycles. The molecule has 3 aromatic rings. The zero-order chi connectivity index (χ0) is 23.2. The van der Waals surface area contributed by atoms with Gasteiger partial charge in [-0.1, -0.05) is 53.9 Å². The Morgan fingerprint density at radius 1 is 1.12 bits per heavy atom. The SMILES string of the molecule is CCCCCCSc1nnc2c(n1)O[C@H](c1ccc(O)c(OCC)c1)Nc1ccc(Br)cc1-2. The van der Waals surface area contributed by atoms with Gasteiger partial charge in [-0.25, -0.2) is 0 Å². The van der Waals surface area contributed by atoms with E-state index in [1.807, 2.05) is 25.1 Å². The number of aromatic nitrogens is 3. The van der Waals surface area contributed by atoms with Gasteiger partial charge in [0, 0.05) is 27.0 Å². The summed E-state index contributed by atoms with van der Waals surface area (Å²) >= 11 is 5.14. The summed E-state index contributed by atoms with van der Waals surface area (Å²) in [5.41, 5.74) is 3.08. The van der Waals surface area contributed by atoms with E-state index in [0.717, 1.165) is 33.5 Å². The summed E-state index contributed by atoms with van der Waals surface area (Å²) in [5, 5.41) is 23.0. The first kappa shape index (κ1) is 23.6. The first-order valence-electron chi connectivity index (χ1n) is 11.2. The zero-order valence-electron chi connectivity index (χ0n) is 18.7. The summed E-state index contributed by atoms with van der Waals surface area (Å²) in [6.45, 7) is 4.53. The molecule has 0 spiro atoms. The molecule has 0 bridgehead atoms. The fraction of sp³-hybridized carbons (Fsp3) is 0.375. The number of thioether (sulfide) groups is 1. The van der Waals surface area contributed by atoms with E-state index in [1.165, 1.54) is 19.3 Å². The monoisotopic (exact) mass is 530 g/mol. The van der Waals surface area contributed by atoms with Crippen LogP contribution in [0.15, 0.2) is 46.0 Å². The Morgan fingerprint density at radius 2 is 2.00 bits per heavy atom. The van der Waals surface area contributed by atoms with E-state index in [2.05, 4.69) is 38.4 Å². The van der Waals surface area contributed by atoms with Crippen molar-refractivity contribution in [3.63, 3.8) is 0 Å². The van der Waals surface area contributed by atoms with Crippen LogP contribution in [0.1, 0.15) is 51.3 Å². The third-order valence-electron chi connectivity index (χ3n) is 5.20. The first-order valence-corrected chi connectivity index (χ1v) is 12.9. The topological polar surface area (TPSA) is 89.4 Å². The highest BCUT2D eigenvalue weighted by atomic mass is 79.9. The molecule has 0 unspecified atom stereocenters. The van der Waals surface area contributed by atoms with Gasteiger partial charge in [0.15, 0.2) is 23.4 Å². The Morgan fingerprint density at radius 3 is 2.82 bits per heavy atom. The maximum Gasteiger partial charge on any atom is 0.247 e. The van der Waals surface area contributed by atoms with Gasteiger partial charge in [0.05, 0.1) is 6.61 Å². The minimum atomic E-state index is -0.551. The molecule has 174 valence electrons. The number of phenolic OH excluding ortho intramolecular Hbond substituents is 1. The molecule has 1 aromatic heterocycles. The number of aromatic hydroxyl groups is 1. The van der Waals surface area contributed by atoms with E-state index in [9.17, 15) is 5.11 Å². The van der Waals surface area contributed by atoms with Crippen LogP contribution in [0.5, 0.6) is 17.4 Å².